The van der Waals surface area contributed by atoms with Crippen molar-refractivity contribution in [1.82, 2.24) is 4.90 Å². The first-order valence-corrected chi connectivity index (χ1v) is 13.1. The van der Waals surface area contributed by atoms with Gasteiger partial charge < -0.3 is 14.4 Å². The molecule has 190 valence electrons. The normalized spacial score (nSPS) is 14.5. The second-order valence-electron chi connectivity index (χ2n) is 7.80. The fourth-order valence-electron chi connectivity index (χ4n) is 3.55. The summed E-state index contributed by atoms with van der Waals surface area (Å²) < 4.78 is 11.7. The molecule has 0 radical (unpaired) electrons. The number of amides is 1. The average Bonchev–Trinajstić information content (AvgIpc) is 3.09. The molecule has 6 nitrogen and oxygen atoms in total. The largest absolute Gasteiger partial charge is 0.488 e. The molecule has 0 N–H and O–H groups in total. The molecule has 0 unspecified atom stereocenters. The number of hydrogen-bond donors (Lipinski definition) is 0. The quantitative estimate of drug-likeness (QED) is 0.156. The van der Waals surface area contributed by atoms with Crippen molar-refractivity contribution in [3.05, 3.63) is 97.0 Å². The number of nitrogens with zero attached hydrogens (tertiary/aromatic N) is 2. The van der Waals surface area contributed by atoms with Crippen molar-refractivity contribution in [2.75, 3.05) is 18.6 Å². The Morgan fingerprint density at radius 2 is 1.73 bits per heavy atom. The Balaban J connectivity index is 1.72. The lowest BCUT2D eigenvalue weighted by molar-refractivity contribution is -0.140. The number of halogens is 4. The molecule has 0 atom stereocenters. The van der Waals surface area contributed by atoms with Gasteiger partial charge in [0.2, 0.25) is 0 Å². The lowest BCUT2D eigenvalue weighted by Gasteiger charge is -2.19. The third-order valence-corrected chi connectivity index (χ3v) is 7.13. The fraction of sp³-hybridized carbons (Fsp3) is 0.115. The van der Waals surface area contributed by atoms with Gasteiger partial charge in [0, 0.05) is 30.7 Å². The van der Waals surface area contributed by atoms with E-state index in [1.165, 1.54) is 16.9 Å². The summed E-state index contributed by atoms with van der Waals surface area (Å²) in [5.41, 5.74) is 2.02. The van der Waals surface area contributed by atoms with Crippen LogP contribution in [0, 0.1) is 0 Å². The van der Waals surface area contributed by atoms with Crippen LogP contribution in [-0.2, 0) is 20.9 Å². The van der Waals surface area contributed by atoms with Crippen molar-refractivity contribution in [1.29, 1.82) is 0 Å². The maximum absolute atomic E-state index is 13.6. The molecule has 0 bridgehead atoms. The summed E-state index contributed by atoms with van der Waals surface area (Å²) >= 11 is 27.4. The van der Waals surface area contributed by atoms with Crippen LogP contribution in [0.3, 0.4) is 0 Å². The molecule has 1 aliphatic rings. The van der Waals surface area contributed by atoms with Crippen molar-refractivity contribution in [3.8, 4) is 5.75 Å². The lowest BCUT2D eigenvalue weighted by atomic mass is 10.1. The number of esters is 1. The van der Waals surface area contributed by atoms with Crippen molar-refractivity contribution in [3.63, 3.8) is 0 Å². The van der Waals surface area contributed by atoms with Crippen LogP contribution in [0.25, 0.3) is 6.08 Å². The predicted molar refractivity (Wildman–Crippen MR) is 153 cm³/mol. The van der Waals surface area contributed by atoms with Crippen LogP contribution in [-0.4, -0.2) is 35.5 Å². The third-order valence-electron chi connectivity index (χ3n) is 5.40. The van der Waals surface area contributed by atoms with Gasteiger partial charge in [-0.3, -0.25) is 14.5 Å². The van der Waals surface area contributed by atoms with E-state index in [0.29, 0.717) is 32.1 Å². The van der Waals surface area contributed by atoms with Crippen LogP contribution >= 0.6 is 63.0 Å². The second-order valence-corrected chi connectivity index (χ2v) is 10.4. The van der Waals surface area contributed by atoms with Crippen LogP contribution in [0.5, 0.6) is 5.75 Å². The Bertz CT molecular complexity index is 1420. The molecule has 1 saturated heterocycles. The summed E-state index contributed by atoms with van der Waals surface area (Å²) in [6, 6.07) is 17.2. The Labute approximate surface area is 242 Å². The van der Waals surface area contributed by atoms with Gasteiger partial charge in [0.15, 0.2) is 5.11 Å². The van der Waals surface area contributed by atoms with Gasteiger partial charge in [-0.25, -0.2) is 0 Å². The van der Waals surface area contributed by atoms with E-state index < -0.39 is 11.9 Å². The molecular formula is C26H18BrCl3N2O4S. The Kier molecular flexibility index (Phi) is 8.77. The molecule has 1 aliphatic heterocycles. The number of carbonyl (C=O) groups excluding carboxylic acids is 2. The molecule has 11 heteroatoms. The summed E-state index contributed by atoms with van der Waals surface area (Å²) in [4.78, 5) is 28.6. The standard InChI is InChI=1S/C26H18BrCl3N2O4S/c1-35-24(33)13-31-22(25(34)32(26(31)37)20-7-5-18(28)6-8-20)11-16-10-17(27)3-9-23(16)36-14-15-2-4-19(29)12-21(15)30/h2-12H,13-14H2,1H3/b22-11-. The van der Waals surface area contributed by atoms with Crippen molar-refractivity contribution < 1.29 is 19.1 Å². The Morgan fingerprint density at radius 1 is 1.03 bits per heavy atom. The van der Waals surface area contributed by atoms with E-state index in [1.54, 1.807) is 60.7 Å². The van der Waals surface area contributed by atoms with E-state index in [-0.39, 0.29) is 24.0 Å². The maximum Gasteiger partial charge on any atom is 0.325 e. The summed E-state index contributed by atoms with van der Waals surface area (Å²) in [6.45, 7) is -0.0789. The summed E-state index contributed by atoms with van der Waals surface area (Å²) in [5.74, 6) is -0.478. The van der Waals surface area contributed by atoms with Crippen LogP contribution in [0.2, 0.25) is 15.1 Å². The number of ether oxygens (including phenoxy) is 2. The number of rotatable bonds is 7. The van der Waals surface area contributed by atoms with E-state index in [0.717, 1.165) is 10.0 Å². The summed E-state index contributed by atoms with van der Waals surface area (Å²) in [6.07, 6.45) is 1.62. The smallest absolute Gasteiger partial charge is 0.325 e. The van der Waals surface area contributed by atoms with Crippen molar-refractivity contribution >= 4 is 91.7 Å². The highest BCUT2D eigenvalue weighted by Crippen LogP contribution is 2.33. The predicted octanol–water partition coefficient (Wildman–Crippen LogP) is 7.14. The number of carbonyl (C=O) groups is 2. The third kappa shape index (κ3) is 6.27. The van der Waals surface area contributed by atoms with E-state index in [2.05, 4.69) is 15.9 Å². The minimum atomic E-state index is -0.554. The van der Waals surface area contributed by atoms with Crippen molar-refractivity contribution in [2.45, 2.75) is 6.61 Å². The Morgan fingerprint density at radius 3 is 2.41 bits per heavy atom. The number of anilines is 1. The van der Waals surface area contributed by atoms with E-state index >= 15 is 0 Å². The van der Waals surface area contributed by atoms with Gasteiger partial charge in [0.1, 0.15) is 24.6 Å². The molecule has 0 aliphatic carbocycles. The molecular weight excluding hydrogens is 623 g/mol. The summed E-state index contributed by atoms with van der Waals surface area (Å²) in [5, 5.41) is 1.65. The number of hydrogen-bond acceptors (Lipinski definition) is 5. The highest BCUT2D eigenvalue weighted by molar-refractivity contribution is 9.10. The number of methoxy groups -OCH3 is 1. The minimum Gasteiger partial charge on any atom is -0.488 e. The highest BCUT2D eigenvalue weighted by Gasteiger charge is 2.40. The molecule has 4 rings (SSSR count). The van der Waals surface area contributed by atoms with Gasteiger partial charge in [0.25, 0.3) is 5.91 Å². The van der Waals surface area contributed by atoms with Crippen LogP contribution in [0.4, 0.5) is 5.69 Å². The van der Waals surface area contributed by atoms with Crippen LogP contribution in [0.15, 0.2) is 70.8 Å². The molecule has 0 saturated carbocycles. The van der Waals surface area contributed by atoms with Gasteiger partial charge in [-0.2, -0.15) is 0 Å². The SMILES string of the molecule is COC(=O)CN1C(=S)N(c2ccc(Cl)cc2)C(=O)/C1=C/c1cc(Br)ccc1OCc1ccc(Cl)cc1Cl. The number of thiocarbonyl (C=S) groups is 1. The van der Waals surface area contributed by atoms with Crippen molar-refractivity contribution in [2.24, 2.45) is 0 Å². The second kappa shape index (κ2) is 11.8. The van der Waals surface area contributed by atoms with Gasteiger partial charge in [-0.05, 0) is 72.9 Å². The molecule has 3 aromatic carbocycles. The average molecular weight is 641 g/mol. The summed E-state index contributed by atoms with van der Waals surface area (Å²) in [7, 11) is 1.27. The highest BCUT2D eigenvalue weighted by atomic mass is 79.9. The maximum atomic E-state index is 13.6. The van der Waals surface area contributed by atoms with E-state index in [9.17, 15) is 9.59 Å². The molecule has 0 spiro atoms. The van der Waals surface area contributed by atoms with E-state index in [4.69, 9.17) is 56.5 Å². The zero-order chi connectivity index (χ0) is 26.7. The monoisotopic (exact) mass is 638 g/mol. The molecule has 1 fully saturated rings. The zero-order valence-electron chi connectivity index (χ0n) is 19.2. The van der Waals surface area contributed by atoms with E-state index in [1.807, 2.05) is 6.07 Å². The van der Waals surface area contributed by atoms with Gasteiger partial charge in [-0.1, -0.05) is 56.8 Å². The first-order chi connectivity index (χ1) is 17.7. The van der Waals surface area contributed by atoms with Crippen LogP contribution in [0.1, 0.15) is 11.1 Å². The Hall–Kier alpha value is -2.62. The van der Waals surface area contributed by atoms with Gasteiger partial charge >= 0.3 is 5.97 Å². The topological polar surface area (TPSA) is 59.1 Å². The minimum absolute atomic E-state index is 0.134. The molecule has 0 aromatic heterocycles. The first-order valence-electron chi connectivity index (χ1n) is 10.7. The van der Waals surface area contributed by atoms with Gasteiger partial charge in [-0.15, -0.1) is 0 Å². The van der Waals surface area contributed by atoms with Crippen LogP contribution < -0.4 is 9.64 Å². The fourth-order valence-corrected chi connectivity index (χ4v) is 4.87. The molecule has 1 heterocycles. The lowest BCUT2D eigenvalue weighted by Crippen LogP contribution is -2.35. The van der Waals surface area contributed by atoms with Gasteiger partial charge in [0.05, 0.1) is 12.8 Å². The molecule has 1 amide bonds. The zero-order valence-corrected chi connectivity index (χ0v) is 23.9. The first kappa shape index (κ1) is 27.4. The number of benzene rings is 3. The molecule has 37 heavy (non-hydrogen) atoms. The molecule has 3 aromatic rings.